The summed E-state index contributed by atoms with van der Waals surface area (Å²) in [6.45, 7) is 0.776. The number of nitrogens with zero attached hydrogens (tertiary/aromatic N) is 4. The van der Waals surface area contributed by atoms with Gasteiger partial charge in [0.05, 0.1) is 17.2 Å². The summed E-state index contributed by atoms with van der Waals surface area (Å²) in [4.78, 5) is 8.08. The molecule has 1 aliphatic heterocycles. The summed E-state index contributed by atoms with van der Waals surface area (Å²) in [5, 5.41) is 8.16. The van der Waals surface area contributed by atoms with Crippen LogP contribution in [0.4, 0.5) is 13.2 Å². The highest BCUT2D eigenvalue weighted by atomic mass is 19.4. The molecular formula is C18H15F3N4O2. The van der Waals surface area contributed by atoms with Gasteiger partial charge in [-0.2, -0.15) is 13.2 Å². The van der Waals surface area contributed by atoms with Crippen molar-refractivity contribution in [2.24, 2.45) is 0 Å². The van der Waals surface area contributed by atoms with Crippen LogP contribution in [0.15, 0.2) is 47.3 Å². The summed E-state index contributed by atoms with van der Waals surface area (Å²) in [6.07, 6.45) is 0.951. The Bertz CT molecular complexity index is 922. The number of ether oxygens (including phenoxy) is 1. The normalized spacial score (nSPS) is 17.0. The lowest BCUT2D eigenvalue weighted by atomic mass is 9.73. The molecule has 3 heterocycles. The van der Waals surface area contributed by atoms with Crippen molar-refractivity contribution in [1.82, 2.24) is 20.2 Å². The second-order valence-electron chi connectivity index (χ2n) is 6.28. The molecule has 0 bridgehead atoms. The van der Waals surface area contributed by atoms with Crippen molar-refractivity contribution in [3.63, 3.8) is 0 Å². The largest absolute Gasteiger partial charge is 0.418 e. The third-order valence-corrected chi connectivity index (χ3v) is 4.71. The molecule has 0 unspecified atom stereocenters. The molecule has 0 saturated carbocycles. The highest BCUT2D eigenvalue weighted by molar-refractivity contribution is 5.44. The van der Waals surface area contributed by atoms with Crippen LogP contribution in [0.1, 0.15) is 29.9 Å². The maximum absolute atomic E-state index is 13.2. The van der Waals surface area contributed by atoms with E-state index in [2.05, 4.69) is 20.2 Å². The minimum atomic E-state index is -4.43. The van der Waals surface area contributed by atoms with Gasteiger partial charge in [-0.1, -0.05) is 18.2 Å². The molecule has 1 aliphatic rings. The smallest absolute Gasteiger partial charge is 0.416 e. The van der Waals surface area contributed by atoms with E-state index in [1.54, 1.807) is 6.07 Å². The van der Waals surface area contributed by atoms with Crippen LogP contribution in [0.25, 0.3) is 11.6 Å². The van der Waals surface area contributed by atoms with E-state index in [0.717, 1.165) is 12.1 Å². The van der Waals surface area contributed by atoms with Gasteiger partial charge in [0.15, 0.2) is 0 Å². The molecule has 1 saturated heterocycles. The van der Waals surface area contributed by atoms with Gasteiger partial charge in [0, 0.05) is 25.6 Å². The molecule has 1 fully saturated rings. The summed E-state index contributed by atoms with van der Waals surface area (Å²) in [6, 6.07) is 5.26. The van der Waals surface area contributed by atoms with Crippen molar-refractivity contribution in [2.75, 3.05) is 13.2 Å². The summed E-state index contributed by atoms with van der Waals surface area (Å²) in [7, 11) is 0. The van der Waals surface area contributed by atoms with E-state index in [1.807, 2.05) is 0 Å². The number of alkyl halides is 3. The molecule has 6 nitrogen and oxygen atoms in total. The van der Waals surface area contributed by atoms with Gasteiger partial charge in [-0.15, -0.1) is 10.2 Å². The molecular weight excluding hydrogens is 361 g/mol. The highest BCUT2D eigenvalue weighted by Gasteiger charge is 2.43. The van der Waals surface area contributed by atoms with E-state index >= 15 is 0 Å². The maximum atomic E-state index is 13.2. The van der Waals surface area contributed by atoms with Gasteiger partial charge >= 0.3 is 6.18 Å². The van der Waals surface area contributed by atoms with Gasteiger partial charge in [-0.3, -0.25) is 4.98 Å². The van der Waals surface area contributed by atoms with Crippen molar-refractivity contribution in [1.29, 1.82) is 0 Å². The van der Waals surface area contributed by atoms with Crippen LogP contribution in [0.2, 0.25) is 0 Å². The third kappa shape index (κ3) is 3.30. The zero-order chi connectivity index (χ0) is 18.9. The van der Waals surface area contributed by atoms with Crippen LogP contribution >= 0.6 is 0 Å². The molecule has 0 amide bonds. The number of hydrogen-bond donors (Lipinski definition) is 0. The Kier molecular flexibility index (Phi) is 4.39. The summed E-state index contributed by atoms with van der Waals surface area (Å²) in [5.41, 5.74) is -0.663. The van der Waals surface area contributed by atoms with E-state index in [0.29, 0.717) is 37.3 Å². The summed E-state index contributed by atoms with van der Waals surface area (Å²) < 4.78 is 50.8. The van der Waals surface area contributed by atoms with E-state index in [4.69, 9.17) is 9.15 Å². The van der Waals surface area contributed by atoms with Crippen molar-refractivity contribution in [3.05, 3.63) is 59.9 Å². The summed E-state index contributed by atoms with van der Waals surface area (Å²) >= 11 is 0. The molecule has 3 aromatic rings. The molecule has 9 heteroatoms. The monoisotopic (exact) mass is 376 g/mol. The zero-order valence-electron chi connectivity index (χ0n) is 14.1. The number of rotatable bonds is 3. The average Bonchev–Trinajstić information content (AvgIpc) is 3.19. The molecule has 2 aromatic heterocycles. The van der Waals surface area contributed by atoms with Crippen molar-refractivity contribution < 1.29 is 22.3 Å². The highest BCUT2D eigenvalue weighted by Crippen LogP contribution is 2.42. The van der Waals surface area contributed by atoms with E-state index in [-0.39, 0.29) is 11.8 Å². The van der Waals surface area contributed by atoms with Gasteiger partial charge in [0.25, 0.3) is 5.89 Å². The fraction of sp³-hybridized carbons (Fsp3) is 0.333. The van der Waals surface area contributed by atoms with E-state index < -0.39 is 17.2 Å². The first-order valence-corrected chi connectivity index (χ1v) is 8.35. The lowest BCUT2D eigenvalue weighted by Crippen LogP contribution is -2.35. The number of aromatic nitrogens is 4. The Labute approximate surface area is 152 Å². The quantitative estimate of drug-likeness (QED) is 0.695. The summed E-state index contributed by atoms with van der Waals surface area (Å²) in [5.74, 6) is 0.432. The average molecular weight is 376 g/mol. The second kappa shape index (κ2) is 6.73. The number of hydrogen-bond acceptors (Lipinski definition) is 6. The standard InChI is InChI=1S/C18H15F3N4O2/c19-18(20,21)13-3-1-2-12(10-13)17(4-8-26-9-5-17)16-25-24-15(27-16)14-11-22-6-7-23-14/h1-3,6-7,10-11H,4-5,8-9H2. The third-order valence-electron chi connectivity index (χ3n) is 4.71. The molecule has 1 aromatic carbocycles. The van der Waals surface area contributed by atoms with Crippen LogP contribution in [-0.4, -0.2) is 33.4 Å². The Morgan fingerprint density at radius 3 is 2.56 bits per heavy atom. The lowest BCUT2D eigenvalue weighted by molar-refractivity contribution is -0.137. The Morgan fingerprint density at radius 1 is 1.04 bits per heavy atom. The van der Waals surface area contributed by atoms with Crippen LogP contribution in [0, 0.1) is 0 Å². The van der Waals surface area contributed by atoms with Gasteiger partial charge < -0.3 is 9.15 Å². The fourth-order valence-electron chi connectivity index (χ4n) is 3.27. The first kappa shape index (κ1) is 17.6. The molecule has 0 spiro atoms. The van der Waals surface area contributed by atoms with Crippen LogP contribution < -0.4 is 0 Å². The van der Waals surface area contributed by atoms with Gasteiger partial charge in [-0.25, -0.2) is 4.98 Å². The van der Waals surface area contributed by atoms with E-state index in [9.17, 15) is 13.2 Å². The molecule has 0 radical (unpaired) electrons. The van der Waals surface area contributed by atoms with Gasteiger partial charge in [0.1, 0.15) is 5.69 Å². The van der Waals surface area contributed by atoms with Crippen LogP contribution in [0.5, 0.6) is 0 Å². The van der Waals surface area contributed by atoms with E-state index in [1.165, 1.54) is 24.7 Å². The molecule has 27 heavy (non-hydrogen) atoms. The predicted octanol–water partition coefficient (Wildman–Crippen LogP) is 3.64. The molecule has 0 atom stereocenters. The van der Waals surface area contributed by atoms with Crippen LogP contribution in [-0.2, 0) is 16.3 Å². The Balaban J connectivity index is 1.79. The molecule has 0 N–H and O–H groups in total. The lowest BCUT2D eigenvalue weighted by Gasteiger charge is -2.34. The van der Waals surface area contributed by atoms with Crippen molar-refractivity contribution in [3.8, 4) is 11.6 Å². The van der Waals surface area contributed by atoms with Gasteiger partial charge in [-0.05, 0) is 24.5 Å². The topological polar surface area (TPSA) is 73.9 Å². The SMILES string of the molecule is FC(F)(F)c1cccc(C2(c3nnc(-c4cnccn4)o3)CCOCC2)c1. The number of benzene rings is 1. The number of halogens is 3. The zero-order valence-corrected chi connectivity index (χ0v) is 14.1. The van der Waals surface area contributed by atoms with Crippen molar-refractivity contribution >= 4 is 0 Å². The van der Waals surface area contributed by atoms with Gasteiger partial charge in [0.2, 0.25) is 5.89 Å². The Hall–Kier alpha value is -2.81. The molecule has 140 valence electrons. The molecule has 4 rings (SSSR count). The molecule has 0 aliphatic carbocycles. The first-order chi connectivity index (χ1) is 13.0. The maximum Gasteiger partial charge on any atom is 0.416 e. The predicted molar refractivity (Wildman–Crippen MR) is 87.6 cm³/mol. The minimum absolute atomic E-state index is 0.177. The van der Waals surface area contributed by atoms with Crippen molar-refractivity contribution in [2.45, 2.75) is 24.4 Å². The first-order valence-electron chi connectivity index (χ1n) is 8.35. The second-order valence-corrected chi connectivity index (χ2v) is 6.28. The van der Waals surface area contributed by atoms with Crippen LogP contribution in [0.3, 0.4) is 0 Å². The Morgan fingerprint density at radius 2 is 1.85 bits per heavy atom. The minimum Gasteiger partial charge on any atom is -0.418 e. The fourth-order valence-corrected chi connectivity index (χ4v) is 3.27.